The molecule has 5 nitrogen and oxygen atoms in total. The lowest BCUT2D eigenvalue weighted by atomic mass is 9.48. The van der Waals surface area contributed by atoms with Gasteiger partial charge >= 0.3 is 0 Å². The van der Waals surface area contributed by atoms with Crippen molar-refractivity contribution in [3.63, 3.8) is 0 Å². The summed E-state index contributed by atoms with van der Waals surface area (Å²) >= 11 is 0. The number of aromatic nitrogens is 4. The zero-order chi connectivity index (χ0) is 32.4. The van der Waals surface area contributed by atoms with Gasteiger partial charge in [-0.3, -0.25) is 0 Å². The molecule has 0 unspecified atom stereocenters. The summed E-state index contributed by atoms with van der Waals surface area (Å²) in [5.74, 6) is 4.66. The molecule has 0 N–H and O–H groups in total. The minimum atomic E-state index is 0.284. The standard InChI is InChI=1S/C44H36N4O/c1-3-7-34(8-4-1)41-46-42(35-9-5-2-6-10-35)48-43(47-41)36-17-13-32(14-18-36)31-11-15-33(16-12-31)37-19-20-38(39-40(37)49-27-45-39)44-24-28-21-29(25-44)23-30(22-28)26-44/h1-20,27-30H,21-26H2. The third kappa shape index (κ3) is 4.99. The number of fused-ring (bicyclic) bond motifs is 1. The smallest absolute Gasteiger partial charge is 0.182 e. The molecule has 0 atom stereocenters. The fourth-order valence-electron chi connectivity index (χ4n) is 9.64. The first-order valence-electron chi connectivity index (χ1n) is 17.6. The second-order valence-corrected chi connectivity index (χ2v) is 14.6. The van der Waals surface area contributed by atoms with Crippen molar-refractivity contribution in [1.29, 1.82) is 0 Å². The van der Waals surface area contributed by atoms with E-state index >= 15 is 0 Å². The average Bonchev–Trinajstić information content (AvgIpc) is 3.65. The molecule has 4 bridgehead atoms. The topological polar surface area (TPSA) is 64.7 Å². The van der Waals surface area contributed by atoms with Gasteiger partial charge < -0.3 is 4.42 Å². The van der Waals surface area contributed by atoms with Gasteiger partial charge in [0.2, 0.25) is 0 Å². The Hall–Kier alpha value is -5.42. The van der Waals surface area contributed by atoms with Crippen LogP contribution in [-0.2, 0) is 5.41 Å². The minimum Gasteiger partial charge on any atom is -0.443 e. The molecule has 4 saturated carbocycles. The van der Waals surface area contributed by atoms with Crippen molar-refractivity contribution in [3.8, 4) is 56.4 Å². The maximum absolute atomic E-state index is 6.12. The molecule has 2 aromatic heterocycles. The second kappa shape index (κ2) is 11.3. The first kappa shape index (κ1) is 28.6. The highest BCUT2D eigenvalue weighted by Crippen LogP contribution is 2.61. The van der Waals surface area contributed by atoms with E-state index in [9.17, 15) is 0 Å². The van der Waals surface area contributed by atoms with E-state index < -0.39 is 0 Å². The number of benzene rings is 5. The number of rotatable bonds is 6. The van der Waals surface area contributed by atoms with Gasteiger partial charge in [-0.1, -0.05) is 121 Å². The Labute approximate surface area is 286 Å². The molecule has 5 aromatic carbocycles. The average molecular weight is 637 g/mol. The number of oxazole rings is 1. The Bertz CT molecular complexity index is 2200. The predicted molar refractivity (Wildman–Crippen MR) is 194 cm³/mol. The highest BCUT2D eigenvalue weighted by atomic mass is 16.3. The van der Waals surface area contributed by atoms with Gasteiger partial charge in [0.05, 0.1) is 0 Å². The van der Waals surface area contributed by atoms with Gasteiger partial charge in [-0.15, -0.1) is 0 Å². The van der Waals surface area contributed by atoms with Crippen LogP contribution in [-0.4, -0.2) is 19.9 Å². The molecule has 2 heterocycles. The van der Waals surface area contributed by atoms with Crippen LogP contribution in [0, 0.1) is 17.8 Å². The van der Waals surface area contributed by atoms with Crippen molar-refractivity contribution >= 4 is 11.1 Å². The number of hydrogen-bond acceptors (Lipinski definition) is 5. The van der Waals surface area contributed by atoms with Gasteiger partial charge in [0.1, 0.15) is 5.52 Å². The molecule has 0 aliphatic heterocycles. The Morgan fingerprint density at radius 2 is 0.918 bits per heavy atom. The summed E-state index contributed by atoms with van der Waals surface area (Å²) in [6.45, 7) is 0. The Balaban J connectivity index is 0.946. The molecule has 4 fully saturated rings. The van der Waals surface area contributed by atoms with Crippen molar-refractivity contribution in [2.24, 2.45) is 17.8 Å². The van der Waals surface area contributed by atoms with Crippen molar-refractivity contribution in [3.05, 3.63) is 133 Å². The van der Waals surface area contributed by atoms with Gasteiger partial charge in [0.15, 0.2) is 29.4 Å². The van der Waals surface area contributed by atoms with Crippen LogP contribution in [0.1, 0.15) is 44.1 Å². The van der Waals surface area contributed by atoms with E-state index in [1.54, 1.807) is 6.39 Å². The first-order chi connectivity index (χ1) is 24.2. The van der Waals surface area contributed by atoms with Crippen LogP contribution in [0.15, 0.2) is 132 Å². The van der Waals surface area contributed by atoms with E-state index in [-0.39, 0.29) is 5.41 Å². The summed E-state index contributed by atoms with van der Waals surface area (Å²) in [5, 5.41) is 0. The van der Waals surface area contributed by atoms with Crippen LogP contribution >= 0.6 is 0 Å². The predicted octanol–water partition coefficient (Wildman–Crippen LogP) is 10.8. The maximum Gasteiger partial charge on any atom is 0.182 e. The van der Waals surface area contributed by atoms with E-state index in [2.05, 4.69) is 60.7 Å². The van der Waals surface area contributed by atoms with Crippen LogP contribution in [0.5, 0.6) is 0 Å². The lowest BCUT2D eigenvalue weighted by Crippen LogP contribution is -2.48. The summed E-state index contributed by atoms with van der Waals surface area (Å²) in [5.41, 5.74) is 11.1. The van der Waals surface area contributed by atoms with Gasteiger partial charge in [-0.25, -0.2) is 19.9 Å². The molecule has 11 rings (SSSR count). The van der Waals surface area contributed by atoms with E-state index in [1.807, 2.05) is 60.7 Å². The summed E-state index contributed by atoms with van der Waals surface area (Å²) in [6, 6.07) is 42.1. The normalized spacial score (nSPS) is 22.5. The minimum absolute atomic E-state index is 0.284. The number of nitrogens with zero attached hydrogens (tertiary/aromatic N) is 4. The van der Waals surface area contributed by atoms with E-state index in [0.717, 1.165) is 67.8 Å². The summed E-state index contributed by atoms with van der Waals surface area (Å²) in [4.78, 5) is 19.4. The third-order valence-corrected chi connectivity index (χ3v) is 11.5. The van der Waals surface area contributed by atoms with Gasteiger partial charge in [0, 0.05) is 22.3 Å². The molecular formula is C44H36N4O. The van der Waals surface area contributed by atoms with Gasteiger partial charge in [-0.2, -0.15) is 0 Å². The van der Waals surface area contributed by atoms with Crippen LogP contribution in [0.25, 0.3) is 67.5 Å². The molecule has 7 aromatic rings. The van der Waals surface area contributed by atoms with Crippen molar-refractivity contribution < 1.29 is 4.42 Å². The van der Waals surface area contributed by atoms with Crippen molar-refractivity contribution in [2.75, 3.05) is 0 Å². The molecule has 5 heteroatoms. The summed E-state index contributed by atoms with van der Waals surface area (Å²) in [6.07, 6.45) is 9.94. The van der Waals surface area contributed by atoms with Crippen LogP contribution in [0.2, 0.25) is 0 Å². The fourth-order valence-corrected chi connectivity index (χ4v) is 9.64. The quantitative estimate of drug-likeness (QED) is 0.182. The number of hydrogen-bond donors (Lipinski definition) is 0. The highest BCUT2D eigenvalue weighted by molar-refractivity contribution is 5.93. The highest BCUT2D eigenvalue weighted by Gasteiger charge is 2.52. The van der Waals surface area contributed by atoms with Crippen LogP contribution in [0.4, 0.5) is 0 Å². The maximum atomic E-state index is 6.12. The van der Waals surface area contributed by atoms with Gasteiger partial charge in [-0.05, 0) is 83.9 Å². The van der Waals surface area contributed by atoms with Crippen molar-refractivity contribution in [1.82, 2.24) is 19.9 Å². The van der Waals surface area contributed by atoms with Crippen molar-refractivity contribution in [2.45, 2.75) is 43.9 Å². The lowest BCUT2D eigenvalue weighted by molar-refractivity contribution is -0.00457. The van der Waals surface area contributed by atoms with E-state index in [1.165, 1.54) is 44.1 Å². The summed E-state index contributed by atoms with van der Waals surface area (Å²) in [7, 11) is 0. The van der Waals surface area contributed by atoms with E-state index in [4.69, 9.17) is 24.4 Å². The third-order valence-electron chi connectivity index (χ3n) is 11.5. The van der Waals surface area contributed by atoms with Crippen LogP contribution < -0.4 is 0 Å². The monoisotopic (exact) mass is 636 g/mol. The molecule has 238 valence electrons. The SMILES string of the molecule is c1ccc(-c2nc(-c3ccccc3)nc(-c3ccc(-c4ccc(-c5ccc(C67CC8CC(CC(C8)C6)C7)c6ncoc56)cc4)cc3)n2)cc1. The lowest BCUT2D eigenvalue weighted by Gasteiger charge is -2.57. The molecule has 49 heavy (non-hydrogen) atoms. The Morgan fingerprint density at radius 3 is 1.43 bits per heavy atom. The fraction of sp³-hybridized carbons (Fsp3) is 0.227. The first-order valence-corrected chi connectivity index (χ1v) is 17.6. The zero-order valence-corrected chi connectivity index (χ0v) is 27.3. The molecule has 4 aliphatic rings. The largest absolute Gasteiger partial charge is 0.443 e. The second-order valence-electron chi connectivity index (χ2n) is 14.6. The molecule has 4 aliphatic carbocycles. The molecular weight excluding hydrogens is 601 g/mol. The molecule has 0 saturated heterocycles. The van der Waals surface area contributed by atoms with Gasteiger partial charge in [0.25, 0.3) is 0 Å². The molecule has 0 spiro atoms. The molecule has 0 radical (unpaired) electrons. The van der Waals surface area contributed by atoms with Crippen LogP contribution in [0.3, 0.4) is 0 Å². The Morgan fingerprint density at radius 1 is 0.469 bits per heavy atom. The zero-order valence-electron chi connectivity index (χ0n) is 27.3. The Kier molecular flexibility index (Phi) is 6.61. The van der Waals surface area contributed by atoms with E-state index in [0.29, 0.717) is 17.5 Å². The summed E-state index contributed by atoms with van der Waals surface area (Å²) < 4.78 is 6.12. The molecule has 0 amide bonds.